The van der Waals surface area contributed by atoms with Crippen molar-refractivity contribution in [3.63, 3.8) is 0 Å². The summed E-state index contributed by atoms with van der Waals surface area (Å²) >= 11 is 7.31. The lowest BCUT2D eigenvalue weighted by atomic mass is 10.2. The number of methoxy groups -OCH3 is 1. The van der Waals surface area contributed by atoms with Crippen LogP contribution in [-0.2, 0) is 5.75 Å². The highest BCUT2D eigenvalue weighted by molar-refractivity contribution is 8.13. The standard InChI is InChI=1S/C15H15ClN2OS/c1-19-14-4-2-3-11(9-14)10-20-15(17)18-13-7-5-12(16)6-8-13/h2-9H,10H2,1H3,(H2,17,18). The number of benzene rings is 2. The molecule has 0 aliphatic carbocycles. The summed E-state index contributed by atoms with van der Waals surface area (Å²) in [7, 11) is 1.66. The predicted molar refractivity (Wildman–Crippen MR) is 87.0 cm³/mol. The molecule has 3 nitrogen and oxygen atoms in total. The van der Waals surface area contributed by atoms with E-state index < -0.39 is 0 Å². The average molecular weight is 307 g/mol. The number of halogens is 1. The number of ether oxygens (including phenoxy) is 1. The van der Waals surface area contributed by atoms with Gasteiger partial charge in [-0.1, -0.05) is 35.5 Å². The zero-order valence-electron chi connectivity index (χ0n) is 11.0. The van der Waals surface area contributed by atoms with E-state index in [0.29, 0.717) is 10.2 Å². The zero-order chi connectivity index (χ0) is 14.4. The predicted octanol–water partition coefficient (Wildman–Crippen LogP) is 4.23. The van der Waals surface area contributed by atoms with E-state index in [1.807, 2.05) is 36.4 Å². The molecule has 2 aromatic carbocycles. The number of amidine groups is 1. The summed E-state index contributed by atoms with van der Waals surface area (Å²) in [4.78, 5) is 4.33. The van der Waals surface area contributed by atoms with Crippen molar-refractivity contribution < 1.29 is 4.74 Å². The molecular formula is C15H15ClN2OS. The van der Waals surface area contributed by atoms with E-state index in [9.17, 15) is 0 Å². The third kappa shape index (κ3) is 4.47. The molecule has 0 amide bonds. The van der Waals surface area contributed by atoms with Gasteiger partial charge in [0, 0.05) is 10.8 Å². The van der Waals surface area contributed by atoms with Gasteiger partial charge in [-0.25, -0.2) is 4.99 Å². The maximum Gasteiger partial charge on any atom is 0.159 e. The first kappa shape index (κ1) is 14.8. The first-order chi connectivity index (χ1) is 9.67. The summed E-state index contributed by atoms with van der Waals surface area (Å²) < 4.78 is 5.19. The van der Waals surface area contributed by atoms with Crippen molar-refractivity contribution in [3.05, 3.63) is 59.1 Å². The second kappa shape index (κ2) is 7.22. The quantitative estimate of drug-likeness (QED) is 0.679. The van der Waals surface area contributed by atoms with Crippen LogP contribution in [0.1, 0.15) is 5.56 Å². The van der Waals surface area contributed by atoms with Crippen LogP contribution in [-0.4, -0.2) is 12.3 Å². The van der Waals surface area contributed by atoms with Gasteiger partial charge in [0.1, 0.15) is 5.75 Å². The minimum Gasteiger partial charge on any atom is -0.497 e. The molecule has 2 rings (SSSR count). The van der Waals surface area contributed by atoms with Crippen molar-refractivity contribution >= 4 is 34.2 Å². The smallest absolute Gasteiger partial charge is 0.159 e. The van der Waals surface area contributed by atoms with Crippen molar-refractivity contribution in [1.82, 2.24) is 0 Å². The van der Waals surface area contributed by atoms with E-state index in [1.165, 1.54) is 11.8 Å². The van der Waals surface area contributed by atoms with Crippen molar-refractivity contribution in [3.8, 4) is 5.75 Å². The van der Waals surface area contributed by atoms with E-state index in [0.717, 1.165) is 22.8 Å². The largest absolute Gasteiger partial charge is 0.497 e. The van der Waals surface area contributed by atoms with Gasteiger partial charge in [-0.05, 0) is 42.0 Å². The molecule has 0 saturated heterocycles. The number of hydrogen-bond donors (Lipinski definition) is 1. The number of thioether (sulfide) groups is 1. The molecule has 0 bridgehead atoms. The fraction of sp³-hybridized carbons (Fsp3) is 0.133. The van der Waals surface area contributed by atoms with Crippen LogP contribution in [0.25, 0.3) is 0 Å². The van der Waals surface area contributed by atoms with Crippen LogP contribution in [0.5, 0.6) is 5.75 Å². The van der Waals surface area contributed by atoms with Gasteiger partial charge in [0.2, 0.25) is 0 Å². The zero-order valence-corrected chi connectivity index (χ0v) is 12.6. The summed E-state index contributed by atoms with van der Waals surface area (Å²) in [6.45, 7) is 0. The van der Waals surface area contributed by atoms with Gasteiger partial charge in [-0.15, -0.1) is 0 Å². The lowest BCUT2D eigenvalue weighted by Gasteiger charge is -2.04. The van der Waals surface area contributed by atoms with Gasteiger partial charge >= 0.3 is 0 Å². The molecule has 0 aliphatic rings. The van der Waals surface area contributed by atoms with E-state index in [2.05, 4.69) is 4.99 Å². The van der Waals surface area contributed by atoms with E-state index in [1.54, 1.807) is 19.2 Å². The number of nitrogens with zero attached hydrogens (tertiary/aromatic N) is 1. The Hall–Kier alpha value is -1.65. The third-order valence-electron chi connectivity index (χ3n) is 2.59. The van der Waals surface area contributed by atoms with Gasteiger partial charge in [-0.3, -0.25) is 0 Å². The first-order valence-electron chi connectivity index (χ1n) is 6.03. The van der Waals surface area contributed by atoms with Crippen LogP contribution in [0.3, 0.4) is 0 Å². The molecule has 0 aromatic heterocycles. The lowest BCUT2D eigenvalue weighted by molar-refractivity contribution is 0.414. The fourth-order valence-electron chi connectivity index (χ4n) is 1.59. The van der Waals surface area contributed by atoms with Gasteiger partial charge in [0.05, 0.1) is 12.8 Å². The summed E-state index contributed by atoms with van der Waals surface area (Å²) in [6, 6.07) is 15.2. The van der Waals surface area contributed by atoms with E-state index in [4.69, 9.17) is 22.1 Å². The molecule has 2 N–H and O–H groups in total. The fourth-order valence-corrected chi connectivity index (χ4v) is 2.38. The molecule has 104 valence electrons. The van der Waals surface area contributed by atoms with Crippen LogP contribution in [0.15, 0.2) is 53.5 Å². The molecule has 0 heterocycles. The molecule has 0 atom stereocenters. The Kier molecular flexibility index (Phi) is 5.32. The van der Waals surface area contributed by atoms with Crippen molar-refractivity contribution in [2.75, 3.05) is 7.11 Å². The first-order valence-corrected chi connectivity index (χ1v) is 7.39. The lowest BCUT2D eigenvalue weighted by Crippen LogP contribution is -2.06. The van der Waals surface area contributed by atoms with Crippen LogP contribution in [0, 0.1) is 0 Å². The molecule has 5 heteroatoms. The molecule has 0 radical (unpaired) electrons. The summed E-state index contributed by atoms with van der Waals surface area (Å²) in [5, 5.41) is 1.21. The van der Waals surface area contributed by atoms with Crippen molar-refractivity contribution in [2.24, 2.45) is 10.7 Å². The molecule has 0 aliphatic heterocycles. The highest BCUT2D eigenvalue weighted by Crippen LogP contribution is 2.20. The van der Waals surface area contributed by atoms with E-state index in [-0.39, 0.29) is 0 Å². The van der Waals surface area contributed by atoms with Gasteiger partial charge in [0.25, 0.3) is 0 Å². The van der Waals surface area contributed by atoms with Crippen LogP contribution >= 0.6 is 23.4 Å². The van der Waals surface area contributed by atoms with Gasteiger partial charge < -0.3 is 10.5 Å². The Bertz CT molecular complexity index is 599. The van der Waals surface area contributed by atoms with Gasteiger partial charge in [0.15, 0.2) is 5.17 Å². The molecule has 2 aromatic rings. The molecule has 0 fully saturated rings. The highest BCUT2D eigenvalue weighted by Gasteiger charge is 2.00. The Morgan fingerprint density at radius 2 is 2.00 bits per heavy atom. The maximum absolute atomic E-state index is 5.91. The Balaban J connectivity index is 1.97. The van der Waals surface area contributed by atoms with Crippen LogP contribution in [0.2, 0.25) is 5.02 Å². The summed E-state index contributed by atoms with van der Waals surface area (Å²) in [6.07, 6.45) is 0. The minimum absolute atomic E-state index is 0.523. The molecule has 0 unspecified atom stereocenters. The normalized spacial score (nSPS) is 11.4. The Morgan fingerprint density at radius 3 is 2.70 bits per heavy atom. The summed E-state index contributed by atoms with van der Waals surface area (Å²) in [5.74, 6) is 1.59. The van der Waals surface area contributed by atoms with Gasteiger partial charge in [-0.2, -0.15) is 0 Å². The number of aliphatic imine (C=N–C) groups is 1. The number of nitrogens with two attached hydrogens (primary N) is 1. The molecule has 0 saturated carbocycles. The van der Waals surface area contributed by atoms with Crippen LogP contribution in [0.4, 0.5) is 5.69 Å². The Morgan fingerprint density at radius 1 is 1.25 bits per heavy atom. The molecule has 20 heavy (non-hydrogen) atoms. The average Bonchev–Trinajstić information content (AvgIpc) is 2.48. The summed E-state index contributed by atoms with van der Waals surface area (Å²) in [5.41, 5.74) is 7.85. The maximum atomic E-state index is 5.91. The monoisotopic (exact) mass is 306 g/mol. The molecular weight excluding hydrogens is 292 g/mol. The number of hydrogen-bond acceptors (Lipinski definition) is 3. The minimum atomic E-state index is 0.523. The topological polar surface area (TPSA) is 47.6 Å². The number of rotatable bonds is 4. The highest BCUT2D eigenvalue weighted by atomic mass is 35.5. The molecule has 0 spiro atoms. The van der Waals surface area contributed by atoms with Crippen LogP contribution < -0.4 is 10.5 Å². The second-order valence-corrected chi connectivity index (χ2v) is 5.50. The van der Waals surface area contributed by atoms with Crippen molar-refractivity contribution in [2.45, 2.75) is 5.75 Å². The van der Waals surface area contributed by atoms with E-state index >= 15 is 0 Å². The van der Waals surface area contributed by atoms with Crippen molar-refractivity contribution in [1.29, 1.82) is 0 Å². The second-order valence-electron chi connectivity index (χ2n) is 4.07. The SMILES string of the molecule is COc1cccc(CSC(N)=Nc2ccc(Cl)cc2)c1. The third-order valence-corrected chi connectivity index (χ3v) is 3.70. The Labute approximate surface area is 127 Å².